The van der Waals surface area contributed by atoms with Gasteiger partial charge in [-0.15, -0.1) is 11.8 Å². The Morgan fingerprint density at radius 3 is 1.77 bits per heavy atom. The summed E-state index contributed by atoms with van der Waals surface area (Å²) in [6.45, 7) is 5.43. The first-order valence-corrected chi connectivity index (χ1v) is 5.28. The molecule has 1 aromatic rings. The first-order chi connectivity index (χ1) is 6.00. The topological polar surface area (TPSA) is 40.5 Å². The van der Waals surface area contributed by atoms with Crippen LogP contribution in [0.5, 0.6) is 11.5 Å². The molecule has 72 valence electrons. The quantitative estimate of drug-likeness (QED) is 0.538. The summed E-state index contributed by atoms with van der Waals surface area (Å²) in [5.74, 6) is 0.583. The van der Waals surface area contributed by atoms with E-state index in [0.717, 1.165) is 21.6 Å². The molecular weight excluding hydrogens is 184 g/mol. The lowest BCUT2D eigenvalue weighted by Gasteiger charge is -2.13. The third-order valence-electron chi connectivity index (χ3n) is 2.39. The van der Waals surface area contributed by atoms with E-state index in [1.807, 2.05) is 27.0 Å². The van der Waals surface area contributed by atoms with Crippen molar-refractivity contribution in [1.82, 2.24) is 0 Å². The second-order valence-electron chi connectivity index (χ2n) is 3.11. The van der Waals surface area contributed by atoms with Crippen molar-refractivity contribution in [3.05, 3.63) is 16.7 Å². The molecule has 0 aliphatic heterocycles. The van der Waals surface area contributed by atoms with Crippen molar-refractivity contribution < 1.29 is 10.2 Å². The van der Waals surface area contributed by atoms with E-state index in [-0.39, 0.29) is 0 Å². The van der Waals surface area contributed by atoms with E-state index in [1.54, 1.807) is 0 Å². The highest BCUT2D eigenvalue weighted by atomic mass is 32.2. The Labute approximate surface area is 82.6 Å². The van der Waals surface area contributed by atoms with E-state index < -0.39 is 0 Å². The number of thioether (sulfide) groups is 1. The molecule has 0 saturated heterocycles. The summed E-state index contributed by atoms with van der Waals surface area (Å²) in [5.41, 5.74) is 2.27. The van der Waals surface area contributed by atoms with E-state index in [1.165, 1.54) is 11.8 Å². The van der Waals surface area contributed by atoms with Gasteiger partial charge in [-0.05, 0) is 38.2 Å². The maximum absolute atomic E-state index is 9.75. The van der Waals surface area contributed by atoms with Gasteiger partial charge in [-0.1, -0.05) is 0 Å². The van der Waals surface area contributed by atoms with Crippen LogP contribution in [0, 0.1) is 20.8 Å². The van der Waals surface area contributed by atoms with Crippen molar-refractivity contribution in [1.29, 1.82) is 0 Å². The van der Waals surface area contributed by atoms with E-state index in [2.05, 4.69) is 0 Å². The first kappa shape index (κ1) is 10.3. The van der Waals surface area contributed by atoms with Crippen molar-refractivity contribution in [3.8, 4) is 11.5 Å². The fraction of sp³-hybridized carbons (Fsp3) is 0.400. The van der Waals surface area contributed by atoms with Crippen molar-refractivity contribution >= 4 is 11.8 Å². The summed E-state index contributed by atoms with van der Waals surface area (Å²) >= 11 is 1.45. The molecule has 0 saturated carbocycles. The molecule has 0 amide bonds. The molecule has 0 aromatic heterocycles. The molecule has 1 aromatic carbocycles. The number of aromatic hydroxyl groups is 2. The largest absolute Gasteiger partial charge is 0.507 e. The Morgan fingerprint density at radius 1 is 0.846 bits per heavy atom. The van der Waals surface area contributed by atoms with Crippen molar-refractivity contribution in [3.63, 3.8) is 0 Å². The molecular formula is C10H14O2S. The zero-order chi connectivity index (χ0) is 10.2. The van der Waals surface area contributed by atoms with Gasteiger partial charge in [0.15, 0.2) is 0 Å². The Hall–Kier alpha value is -0.830. The fourth-order valence-electron chi connectivity index (χ4n) is 1.34. The average Bonchev–Trinajstić information content (AvgIpc) is 2.13. The van der Waals surface area contributed by atoms with Gasteiger partial charge < -0.3 is 10.2 Å². The number of hydrogen-bond donors (Lipinski definition) is 2. The van der Waals surface area contributed by atoms with Crippen LogP contribution in [0.15, 0.2) is 4.90 Å². The average molecular weight is 198 g/mol. The highest BCUT2D eigenvalue weighted by Crippen LogP contribution is 2.40. The monoisotopic (exact) mass is 198 g/mol. The summed E-state index contributed by atoms with van der Waals surface area (Å²) in [6, 6.07) is 0. The van der Waals surface area contributed by atoms with Gasteiger partial charge in [0, 0.05) is 5.56 Å². The second kappa shape index (κ2) is 3.50. The minimum Gasteiger partial charge on any atom is -0.507 e. The lowest BCUT2D eigenvalue weighted by Crippen LogP contribution is -1.90. The SMILES string of the molecule is CSc1c(C)c(O)c(C)c(C)c1O. The predicted molar refractivity (Wildman–Crippen MR) is 55.8 cm³/mol. The van der Waals surface area contributed by atoms with Crippen LogP contribution in [0.1, 0.15) is 16.7 Å². The standard InChI is InChI=1S/C10H14O2S/c1-5-6(2)9(12)10(13-4)7(3)8(5)11/h11-12H,1-4H3. The van der Waals surface area contributed by atoms with E-state index in [9.17, 15) is 10.2 Å². The molecule has 13 heavy (non-hydrogen) atoms. The van der Waals surface area contributed by atoms with Crippen LogP contribution < -0.4 is 0 Å². The van der Waals surface area contributed by atoms with Crippen LogP contribution in [0.25, 0.3) is 0 Å². The van der Waals surface area contributed by atoms with Gasteiger partial charge >= 0.3 is 0 Å². The summed E-state index contributed by atoms with van der Waals surface area (Å²) in [5, 5.41) is 19.5. The van der Waals surface area contributed by atoms with Gasteiger partial charge in [-0.25, -0.2) is 0 Å². The minimum atomic E-state index is 0.291. The summed E-state index contributed by atoms with van der Waals surface area (Å²) in [4.78, 5) is 0.764. The van der Waals surface area contributed by atoms with Crippen LogP contribution in [-0.2, 0) is 0 Å². The van der Waals surface area contributed by atoms with Crippen molar-refractivity contribution in [2.45, 2.75) is 25.7 Å². The van der Waals surface area contributed by atoms with Crippen LogP contribution >= 0.6 is 11.8 Å². The Kier molecular flexibility index (Phi) is 2.76. The smallest absolute Gasteiger partial charge is 0.132 e. The van der Waals surface area contributed by atoms with Gasteiger partial charge in [0.2, 0.25) is 0 Å². The number of rotatable bonds is 1. The number of benzene rings is 1. The molecule has 0 heterocycles. The first-order valence-electron chi connectivity index (χ1n) is 4.06. The third kappa shape index (κ3) is 1.48. The molecule has 3 heteroatoms. The Balaban J connectivity index is 3.56. The summed E-state index contributed by atoms with van der Waals surface area (Å²) in [6.07, 6.45) is 1.89. The molecule has 0 aliphatic rings. The fourth-order valence-corrected chi connectivity index (χ4v) is 2.09. The van der Waals surface area contributed by atoms with Gasteiger partial charge in [-0.3, -0.25) is 0 Å². The van der Waals surface area contributed by atoms with Gasteiger partial charge in [0.25, 0.3) is 0 Å². The normalized spacial score (nSPS) is 10.5. The maximum atomic E-state index is 9.75. The van der Waals surface area contributed by atoms with E-state index >= 15 is 0 Å². The maximum Gasteiger partial charge on any atom is 0.132 e. The summed E-state index contributed by atoms with van der Waals surface area (Å²) < 4.78 is 0. The zero-order valence-electron chi connectivity index (χ0n) is 8.30. The van der Waals surface area contributed by atoms with Gasteiger partial charge in [0.1, 0.15) is 11.5 Å². The van der Waals surface area contributed by atoms with Gasteiger partial charge in [0.05, 0.1) is 4.90 Å². The molecule has 2 nitrogen and oxygen atoms in total. The van der Waals surface area contributed by atoms with Crippen LogP contribution in [0.3, 0.4) is 0 Å². The predicted octanol–water partition coefficient (Wildman–Crippen LogP) is 2.74. The number of hydrogen-bond acceptors (Lipinski definition) is 3. The molecule has 0 bridgehead atoms. The highest BCUT2D eigenvalue weighted by molar-refractivity contribution is 7.98. The minimum absolute atomic E-state index is 0.291. The Bertz CT molecular complexity index is 316. The third-order valence-corrected chi connectivity index (χ3v) is 3.30. The molecule has 0 radical (unpaired) electrons. The molecule has 0 atom stereocenters. The lowest BCUT2D eigenvalue weighted by atomic mass is 10.0. The van der Waals surface area contributed by atoms with Crippen molar-refractivity contribution in [2.75, 3.05) is 6.26 Å². The van der Waals surface area contributed by atoms with Gasteiger partial charge in [-0.2, -0.15) is 0 Å². The van der Waals surface area contributed by atoms with E-state index in [4.69, 9.17) is 0 Å². The molecule has 0 aliphatic carbocycles. The van der Waals surface area contributed by atoms with Crippen LogP contribution in [-0.4, -0.2) is 16.5 Å². The van der Waals surface area contributed by atoms with E-state index in [0.29, 0.717) is 11.5 Å². The number of phenolic OH excluding ortho intramolecular Hbond substituents is 2. The molecule has 0 fully saturated rings. The highest BCUT2D eigenvalue weighted by Gasteiger charge is 2.14. The second-order valence-corrected chi connectivity index (χ2v) is 3.92. The molecule has 2 N–H and O–H groups in total. The molecule has 0 unspecified atom stereocenters. The van der Waals surface area contributed by atoms with Crippen molar-refractivity contribution in [2.24, 2.45) is 0 Å². The molecule has 0 spiro atoms. The van der Waals surface area contributed by atoms with Crippen LogP contribution in [0.4, 0.5) is 0 Å². The van der Waals surface area contributed by atoms with Crippen LogP contribution in [0.2, 0.25) is 0 Å². The number of phenols is 2. The Morgan fingerprint density at radius 2 is 1.31 bits per heavy atom. The lowest BCUT2D eigenvalue weighted by molar-refractivity contribution is 0.438. The summed E-state index contributed by atoms with van der Waals surface area (Å²) in [7, 11) is 0. The zero-order valence-corrected chi connectivity index (χ0v) is 9.12. The molecule has 1 rings (SSSR count).